The largest absolute Gasteiger partial charge is 0.463 e. The van der Waals surface area contributed by atoms with Gasteiger partial charge in [-0.1, -0.05) is 19.1 Å². The van der Waals surface area contributed by atoms with Gasteiger partial charge in [-0.3, -0.25) is 14.5 Å². The molecule has 6 saturated carbocycles. The molecule has 13 atom stereocenters. The maximum atomic E-state index is 12.2. The van der Waals surface area contributed by atoms with E-state index in [-0.39, 0.29) is 58.1 Å². The predicted octanol–water partition coefficient (Wildman–Crippen LogP) is 1.91. The number of ether oxygens (including phenoxy) is 2. The molecule has 30 heavy (non-hydrogen) atoms. The van der Waals surface area contributed by atoms with Gasteiger partial charge in [-0.15, -0.1) is 0 Å². The van der Waals surface area contributed by atoms with Crippen LogP contribution in [0.4, 0.5) is 0 Å². The van der Waals surface area contributed by atoms with Crippen molar-refractivity contribution in [1.29, 1.82) is 0 Å². The van der Waals surface area contributed by atoms with Crippen LogP contribution in [-0.4, -0.2) is 58.9 Å². The number of hydrogen-bond donors (Lipinski definition) is 1. The van der Waals surface area contributed by atoms with Crippen LogP contribution in [0.25, 0.3) is 0 Å². The highest BCUT2D eigenvalue weighted by Crippen LogP contribution is 2.87. The van der Waals surface area contributed by atoms with Gasteiger partial charge in [-0.25, -0.2) is 0 Å². The van der Waals surface area contributed by atoms with E-state index < -0.39 is 6.10 Å². The van der Waals surface area contributed by atoms with Crippen LogP contribution in [0.1, 0.15) is 46.5 Å². The lowest BCUT2D eigenvalue weighted by Crippen LogP contribution is -2.68. The summed E-state index contributed by atoms with van der Waals surface area (Å²) in [6, 6.07) is 0.849. The van der Waals surface area contributed by atoms with E-state index in [2.05, 4.69) is 18.4 Å². The van der Waals surface area contributed by atoms with Crippen molar-refractivity contribution in [2.45, 2.75) is 76.9 Å². The first-order valence-corrected chi connectivity index (χ1v) is 11.6. The first-order chi connectivity index (χ1) is 14.1. The van der Waals surface area contributed by atoms with E-state index in [1.807, 2.05) is 0 Å². The number of rotatable bonds is 2. The summed E-state index contributed by atoms with van der Waals surface area (Å²) in [5.74, 6) is 0.331. The Bertz CT molecular complexity index is 917. The summed E-state index contributed by atoms with van der Waals surface area (Å²) in [5, 5.41) is 11.6. The van der Waals surface area contributed by atoms with Crippen LogP contribution in [-0.2, 0) is 19.1 Å². The fourth-order valence-corrected chi connectivity index (χ4v) is 11.3. The van der Waals surface area contributed by atoms with Gasteiger partial charge in [0.1, 0.15) is 12.2 Å². The molecule has 9 aliphatic rings. The van der Waals surface area contributed by atoms with E-state index in [4.69, 9.17) is 9.47 Å². The maximum absolute atomic E-state index is 12.2. The fraction of sp³-hybridized carbons (Fsp3) is 0.833. The van der Waals surface area contributed by atoms with Crippen LogP contribution < -0.4 is 0 Å². The minimum Gasteiger partial charge on any atom is -0.463 e. The zero-order chi connectivity index (χ0) is 21.0. The van der Waals surface area contributed by atoms with Crippen LogP contribution in [0.2, 0.25) is 0 Å². The Morgan fingerprint density at radius 2 is 1.87 bits per heavy atom. The molecule has 3 heterocycles. The number of fused-ring (bicyclic) bond motifs is 1. The summed E-state index contributed by atoms with van der Waals surface area (Å²) >= 11 is 0. The molecule has 0 aromatic heterocycles. The van der Waals surface area contributed by atoms with Crippen molar-refractivity contribution >= 4 is 11.9 Å². The average molecular weight is 414 g/mol. The normalized spacial score (nSPS) is 62.7. The summed E-state index contributed by atoms with van der Waals surface area (Å²) in [5.41, 5.74) is 1.10. The van der Waals surface area contributed by atoms with Gasteiger partial charge in [0.15, 0.2) is 0 Å². The lowest BCUT2D eigenvalue weighted by Gasteiger charge is -2.66. The SMILES string of the molecule is C=C1C[C@]23C[C@H]4[C@@H]5[C@@]6(C)C[C@H](OC(C)=O)C[C@]57C(C2C(O)[C@H]1[C@@H](OC(C)=O)[C@H]37)N4C6. The number of nitrogens with zero attached hydrogens (tertiary/aromatic N) is 1. The monoisotopic (exact) mass is 413 g/mol. The highest BCUT2D eigenvalue weighted by atomic mass is 16.5. The molecule has 1 N–H and O–H groups in total. The minimum absolute atomic E-state index is 0.0307. The van der Waals surface area contributed by atoms with E-state index in [0.29, 0.717) is 18.0 Å². The van der Waals surface area contributed by atoms with Gasteiger partial charge in [0, 0.05) is 55.6 Å². The molecule has 0 radical (unpaired) electrons. The van der Waals surface area contributed by atoms with Gasteiger partial charge in [0.05, 0.1) is 6.10 Å². The lowest BCUT2D eigenvalue weighted by atomic mass is 9.39. The summed E-state index contributed by atoms with van der Waals surface area (Å²) in [7, 11) is 0. The molecule has 0 aromatic rings. The maximum Gasteiger partial charge on any atom is 0.302 e. The van der Waals surface area contributed by atoms with E-state index in [1.165, 1.54) is 13.8 Å². The Labute approximate surface area is 177 Å². The van der Waals surface area contributed by atoms with E-state index >= 15 is 0 Å². The van der Waals surface area contributed by atoms with Crippen molar-refractivity contribution in [2.75, 3.05) is 6.54 Å². The van der Waals surface area contributed by atoms with Crippen LogP contribution in [0.3, 0.4) is 0 Å². The first kappa shape index (κ1) is 18.2. The van der Waals surface area contributed by atoms with Crippen molar-refractivity contribution in [3.8, 4) is 0 Å². The van der Waals surface area contributed by atoms with E-state index in [9.17, 15) is 14.7 Å². The molecule has 9 fully saturated rings. The summed E-state index contributed by atoms with van der Waals surface area (Å²) < 4.78 is 11.9. The third-order valence-corrected chi connectivity index (χ3v) is 10.7. The number of aliphatic hydroxyl groups is 1. The summed E-state index contributed by atoms with van der Waals surface area (Å²) in [6.07, 6.45) is 2.90. The first-order valence-electron chi connectivity index (χ1n) is 11.6. The Morgan fingerprint density at radius 3 is 2.57 bits per heavy atom. The Balaban J connectivity index is 1.44. The van der Waals surface area contributed by atoms with Gasteiger partial charge < -0.3 is 14.6 Å². The Hall–Kier alpha value is -1.40. The van der Waals surface area contributed by atoms with Crippen molar-refractivity contribution in [1.82, 2.24) is 4.90 Å². The van der Waals surface area contributed by atoms with E-state index in [0.717, 1.165) is 37.8 Å². The smallest absolute Gasteiger partial charge is 0.302 e. The number of carbonyl (C=O) groups is 2. The van der Waals surface area contributed by atoms with Crippen molar-refractivity contribution in [3.05, 3.63) is 12.2 Å². The van der Waals surface area contributed by atoms with Gasteiger partial charge in [0.2, 0.25) is 0 Å². The van der Waals surface area contributed by atoms with Crippen molar-refractivity contribution in [3.63, 3.8) is 0 Å². The minimum atomic E-state index is -0.503. The lowest BCUT2D eigenvalue weighted by molar-refractivity contribution is -0.226. The summed E-state index contributed by atoms with van der Waals surface area (Å²) in [4.78, 5) is 26.8. The molecular formula is C24H31NO5. The molecule has 6 heteroatoms. The fourth-order valence-electron chi connectivity index (χ4n) is 11.3. The van der Waals surface area contributed by atoms with Crippen LogP contribution in [0, 0.1) is 39.9 Å². The molecule has 6 aliphatic carbocycles. The van der Waals surface area contributed by atoms with Gasteiger partial charge in [0.25, 0.3) is 0 Å². The number of piperidine rings is 2. The number of esters is 2. The molecule has 3 saturated heterocycles. The molecule has 0 amide bonds. The number of hydrogen-bond acceptors (Lipinski definition) is 6. The second-order valence-electron chi connectivity index (χ2n) is 11.9. The van der Waals surface area contributed by atoms with Gasteiger partial charge in [-0.05, 0) is 42.4 Å². The molecule has 6 nitrogen and oxygen atoms in total. The standard InChI is InChI=1S/C24H31NO5/c1-10-5-23-8-14-19-22(4)6-13(29-11(2)26)7-24(19)20(23)18(30-12(3)27)15(10)17(28)16(23)21(24)25(14)9-22/h13-21,28H,1,5-9H2,2-4H3/t13-,14-,15-,16?,17?,18+,19+,20+,21?,22-,23-,24-/m0/s1. The van der Waals surface area contributed by atoms with Crippen molar-refractivity contribution in [2.24, 2.45) is 39.9 Å². The molecule has 9 bridgehead atoms. The third kappa shape index (κ3) is 1.62. The molecule has 4 unspecified atom stereocenters. The average Bonchev–Trinajstić information content (AvgIpc) is 3.02. The quantitative estimate of drug-likeness (QED) is 0.551. The molecule has 2 spiro atoms. The molecule has 0 aromatic carbocycles. The summed E-state index contributed by atoms with van der Waals surface area (Å²) in [6.45, 7) is 10.7. The van der Waals surface area contributed by atoms with Gasteiger partial charge in [-0.2, -0.15) is 0 Å². The molecule has 162 valence electrons. The topological polar surface area (TPSA) is 76.1 Å². The highest BCUT2D eigenvalue weighted by molar-refractivity contribution is 5.67. The second-order valence-corrected chi connectivity index (χ2v) is 11.9. The van der Waals surface area contributed by atoms with Crippen molar-refractivity contribution < 1.29 is 24.2 Å². The van der Waals surface area contributed by atoms with E-state index in [1.54, 1.807) is 0 Å². The molecule has 3 aliphatic heterocycles. The Morgan fingerprint density at radius 1 is 1.13 bits per heavy atom. The van der Waals surface area contributed by atoms with Gasteiger partial charge >= 0.3 is 11.9 Å². The highest BCUT2D eigenvalue weighted by Gasteiger charge is 2.90. The third-order valence-electron chi connectivity index (χ3n) is 10.7. The zero-order valence-corrected chi connectivity index (χ0v) is 18.0. The van der Waals surface area contributed by atoms with Crippen LogP contribution >= 0.6 is 0 Å². The Kier molecular flexibility index (Phi) is 3.02. The predicted molar refractivity (Wildman–Crippen MR) is 106 cm³/mol. The molecular weight excluding hydrogens is 382 g/mol. The number of aliphatic hydroxyl groups excluding tert-OH is 1. The second kappa shape index (κ2) is 4.98. The number of carbonyl (C=O) groups excluding carboxylic acids is 2. The molecule has 9 rings (SSSR count). The van der Waals surface area contributed by atoms with Crippen LogP contribution in [0.5, 0.6) is 0 Å². The van der Waals surface area contributed by atoms with Crippen LogP contribution in [0.15, 0.2) is 12.2 Å². The zero-order valence-electron chi connectivity index (χ0n) is 18.0.